The largest absolute Gasteiger partial charge is 0.453 e. The van der Waals surface area contributed by atoms with Crippen molar-refractivity contribution in [2.75, 3.05) is 38.0 Å². The van der Waals surface area contributed by atoms with Crippen molar-refractivity contribution < 1.29 is 14.3 Å². The SMILES string of the molecule is COC(=O)N1CCc2ccc(NC(=O)c3cccc(N(C)C)c3)cc2C1. The minimum absolute atomic E-state index is 0.158. The fourth-order valence-electron chi connectivity index (χ4n) is 3.05. The number of rotatable bonds is 3. The summed E-state index contributed by atoms with van der Waals surface area (Å²) in [5, 5.41) is 2.94. The van der Waals surface area contributed by atoms with Crippen LogP contribution in [-0.4, -0.2) is 44.7 Å². The molecule has 0 bridgehead atoms. The Kier molecular flexibility index (Phi) is 5.11. The van der Waals surface area contributed by atoms with Crippen LogP contribution in [0.5, 0.6) is 0 Å². The second kappa shape index (κ2) is 7.47. The molecule has 1 aliphatic heterocycles. The second-order valence-corrected chi connectivity index (χ2v) is 6.52. The summed E-state index contributed by atoms with van der Waals surface area (Å²) in [6, 6.07) is 13.3. The molecule has 136 valence electrons. The number of fused-ring (bicyclic) bond motifs is 1. The van der Waals surface area contributed by atoms with E-state index in [9.17, 15) is 9.59 Å². The van der Waals surface area contributed by atoms with Gasteiger partial charge in [0, 0.05) is 44.1 Å². The predicted molar refractivity (Wildman–Crippen MR) is 102 cm³/mol. The van der Waals surface area contributed by atoms with Gasteiger partial charge in [0.15, 0.2) is 0 Å². The smallest absolute Gasteiger partial charge is 0.409 e. The van der Waals surface area contributed by atoms with Crippen molar-refractivity contribution in [3.8, 4) is 0 Å². The van der Waals surface area contributed by atoms with Crippen LogP contribution in [0.1, 0.15) is 21.5 Å². The van der Waals surface area contributed by atoms with E-state index >= 15 is 0 Å². The Balaban J connectivity index is 1.76. The number of methoxy groups -OCH3 is 1. The Bertz CT molecular complexity index is 833. The number of carbonyl (C=O) groups excluding carboxylic acids is 2. The van der Waals surface area contributed by atoms with Crippen LogP contribution < -0.4 is 10.2 Å². The van der Waals surface area contributed by atoms with E-state index in [1.807, 2.05) is 55.4 Å². The van der Waals surface area contributed by atoms with E-state index in [1.165, 1.54) is 12.7 Å². The molecule has 3 rings (SSSR count). The van der Waals surface area contributed by atoms with Crippen molar-refractivity contribution in [1.29, 1.82) is 0 Å². The molecule has 0 atom stereocenters. The zero-order chi connectivity index (χ0) is 18.7. The molecule has 0 aliphatic carbocycles. The highest BCUT2D eigenvalue weighted by atomic mass is 16.5. The van der Waals surface area contributed by atoms with Crippen LogP contribution in [0.2, 0.25) is 0 Å². The van der Waals surface area contributed by atoms with Crippen LogP contribution in [0.25, 0.3) is 0 Å². The van der Waals surface area contributed by atoms with Crippen molar-refractivity contribution >= 4 is 23.4 Å². The maximum atomic E-state index is 12.6. The summed E-state index contributed by atoms with van der Waals surface area (Å²) in [4.78, 5) is 27.9. The molecule has 0 saturated heterocycles. The van der Waals surface area contributed by atoms with Crippen molar-refractivity contribution in [3.63, 3.8) is 0 Å². The van der Waals surface area contributed by atoms with E-state index in [2.05, 4.69) is 5.32 Å². The maximum Gasteiger partial charge on any atom is 0.409 e. The summed E-state index contributed by atoms with van der Waals surface area (Å²) in [6.07, 6.45) is 0.453. The number of amides is 2. The van der Waals surface area contributed by atoms with E-state index in [1.54, 1.807) is 11.0 Å². The van der Waals surface area contributed by atoms with Gasteiger partial charge in [-0.3, -0.25) is 4.79 Å². The summed E-state index contributed by atoms with van der Waals surface area (Å²) in [7, 11) is 5.26. The number of hydrogen-bond acceptors (Lipinski definition) is 4. The molecule has 2 aromatic rings. The standard InChI is InChI=1S/C20H23N3O3/c1-22(2)18-6-4-5-15(12-18)19(24)21-17-8-7-14-9-10-23(20(25)26-3)13-16(14)11-17/h4-8,11-12H,9-10,13H2,1-3H3,(H,21,24). The van der Waals surface area contributed by atoms with Crippen LogP contribution >= 0.6 is 0 Å². The minimum Gasteiger partial charge on any atom is -0.453 e. The molecule has 0 spiro atoms. The van der Waals surface area contributed by atoms with Gasteiger partial charge in [0.2, 0.25) is 0 Å². The first-order valence-corrected chi connectivity index (χ1v) is 8.51. The van der Waals surface area contributed by atoms with E-state index in [0.717, 1.165) is 23.4 Å². The van der Waals surface area contributed by atoms with E-state index in [4.69, 9.17) is 4.74 Å². The minimum atomic E-state index is -0.328. The lowest BCUT2D eigenvalue weighted by atomic mass is 9.99. The Hall–Kier alpha value is -3.02. The molecule has 1 heterocycles. The van der Waals surface area contributed by atoms with Crippen LogP contribution in [0.15, 0.2) is 42.5 Å². The zero-order valence-electron chi connectivity index (χ0n) is 15.3. The number of carbonyl (C=O) groups is 2. The first-order valence-electron chi connectivity index (χ1n) is 8.51. The van der Waals surface area contributed by atoms with Gasteiger partial charge in [-0.15, -0.1) is 0 Å². The average molecular weight is 353 g/mol. The molecule has 0 radical (unpaired) electrons. The lowest BCUT2D eigenvalue weighted by Gasteiger charge is -2.28. The number of benzene rings is 2. The first kappa shape index (κ1) is 17.8. The van der Waals surface area contributed by atoms with Crippen molar-refractivity contribution in [2.45, 2.75) is 13.0 Å². The Morgan fingerprint density at radius 3 is 2.65 bits per heavy atom. The van der Waals surface area contributed by atoms with Crippen molar-refractivity contribution in [1.82, 2.24) is 4.90 Å². The molecule has 2 amide bonds. The van der Waals surface area contributed by atoms with Crippen LogP contribution in [-0.2, 0) is 17.7 Å². The van der Waals surface area contributed by atoms with Gasteiger partial charge < -0.3 is 19.9 Å². The summed E-state index contributed by atoms with van der Waals surface area (Å²) in [5.74, 6) is -0.158. The number of anilines is 2. The van der Waals surface area contributed by atoms with Gasteiger partial charge in [-0.25, -0.2) is 4.79 Å². The molecule has 1 N–H and O–H groups in total. The van der Waals surface area contributed by atoms with E-state index in [-0.39, 0.29) is 12.0 Å². The third kappa shape index (κ3) is 3.79. The summed E-state index contributed by atoms with van der Waals surface area (Å²) in [6.45, 7) is 1.13. The number of nitrogens with zero attached hydrogens (tertiary/aromatic N) is 2. The normalized spacial score (nSPS) is 13.0. The number of ether oxygens (including phenoxy) is 1. The molecular weight excluding hydrogens is 330 g/mol. The van der Waals surface area contributed by atoms with Gasteiger partial charge in [0.1, 0.15) is 0 Å². The first-order chi connectivity index (χ1) is 12.5. The summed E-state index contributed by atoms with van der Waals surface area (Å²) in [5.41, 5.74) is 4.51. The predicted octanol–water partition coefficient (Wildman–Crippen LogP) is 3.13. The van der Waals surface area contributed by atoms with E-state index in [0.29, 0.717) is 18.7 Å². The highest BCUT2D eigenvalue weighted by Crippen LogP contribution is 2.24. The highest BCUT2D eigenvalue weighted by Gasteiger charge is 2.21. The molecule has 2 aromatic carbocycles. The highest BCUT2D eigenvalue weighted by molar-refractivity contribution is 6.04. The third-order valence-corrected chi connectivity index (χ3v) is 4.53. The molecule has 1 aliphatic rings. The van der Waals surface area contributed by atoms with Crippen LogP contribution in [0.3, 0.4) is 0 Å². The maximum absolute atomic E-state index is 12.6. The Morgan fingerprint density at radius 2 is 1.92 bits per heavy atom. The topological polar surface area (TPSA) is 61.9 Å². The lowest BCUT2D eigenvalue weighted by molar-refractivity contribution is 0.102. The molecule has 6 nitrogen and oxygen atoms in total. The van der Waals surface area contributed by atoms with Crippen molar-refractivity contribution in [2.24, 2.45) is 0 Å². The molecule has 0 unspecified atom stereocenters. The van der Waals surface area contributed by atoms with Gasteiger partial charge in [0.05, 0.1) is 7.11 Å². The summed E-state index contributed by atoms with van der Waals surface area (Å²) >= 11 is 0. The average Bonchev–Trinajstić information content (AvgIpc) is 2.66. The molecule has 0 saturated carbocycles. The van der Waals surface area contributed by atoms with Gasteiger partial charge in [-0.05, 0) is 47.9 Å². The second-order valence-electron chi connectivity index (χ2n) is 6.52. The molecule has 6 heteroatoms. The molecule has 0 fully saturated rings. The lowest BCUT2D eigenvalue weighted by Crippen LogP contribution is -2.35. The molecule has 26 heavy (non-hydrogen) atoms. The fourth-order valence-corrected chi connectivity index (χ4v) is 3.05. The van der Waals surface area contributed by atoms with Crippen molar-refractivity contribution in [3.05, 3.63) is 59.2 Å². The zero-order valence-corrected chi connectivity index (χ0v) is 15.3. The van der Waals surface area contributed by atoms with Crippen LogP contribution in [0, 0.1) is 0 Å². The monoisotopic (exact) mass is 353 g/mol. The third-order valence-electron chi connectivity index (χ3n) is 4.53. The molecule has 0 aromatic heterocycles. The van der Waals surface area contributed by atoms with Gasteiger partial charge in [0.25, 0.3) is 5.91 Å². The number of nitrogens with one attached hydrogen (secondary N) is 1. The molecular formula is C20H23N3O3. The van der Waals surface area contributed by atoms with Crippen LogP contribution in [0.4, 0.5) is 16.2 Å². The van der Waals surface area contributed by atoms with Gasteiger partial charge >= 0.3 is 6.09 Å². The van der Waals surface area contributed by atoms with Gasteiger partial charge in [-0.1, -0.05) is 12.1 Å². The number of hydrogen-bond donors (Lipinski definition) is 1. The van der Waals surface area contributed by atoms with E-state index < -0.39 is 0 Å². The van der Waals surface area contributed by atoms with Gasteiger partial charge in [-0.2, -0.15) is 0 Å². The quantitative estimate of drug-likeness (QED) is 0.921. The fraction of sp³-hybridized carbons (Fsp3) is 0.300. The Morgan fingerprint density at radius 1 is 1.12 bits per heavy atom. The Labute approximate surface area is 153 Å². The summed E-state index contributed by atoms with van der Waals surface area (Å²) < 4.78 is 4.80.